The first-order chi connectivity index (χ1) is 9.60. The molecule has 110 valence electrons. The summed E-state index contributed by atoms with van der Waals surface area (Å²) in [7, 11) is 1.63. The second kappa shape index (κ2) is 6.88. The van der Waals surface area contributed by atoms with Crippen molar-refractivity contribution >= 4 is 23.4 Å². The summed E-state index contributed by atoms with van der Waals surface area (Å²) in [5, 5.41) is 0. The lowest BCUT2D eigenvalue weighted by molar-refractivity contribution is -0.130. The van der Waals surface area contributed by atoms with Gasteiger partial charge in [-0.15, -0.1) is 11.8 Å². The summed E-state index contributed by atoms with van der Waals surface area (Å²) in [4.78, 5) is 15.1. The Kier molecular flexibility index (Phi) is 5.17. The summed E-state index contributed by atoms with van der Waals surface area (Å²) in [6.07, 6.45) is 2.33. The monoisotopic (exact) mass is 294 g/mol. The molecule has 1 aliphatic heterocycles. The molecule has 1 atom stereocenters. The second-order valence-electron chi connectivity index (χ2n) is 5.28. The Bertz CT molecular complexity index is 479. The summed E-state index contributed by atoms with van der Waals surface area (Å²) in [6, 6.07) is 5.52. The van der Waals surface area contributed by atoms with Crippen LogP contribution in [0.5, 0.6) is 5.75 Å². The van der Waals surface area contributed by atoms with Crippen LogP contribution in [0.3, 0.4) is 0 Å². The Morgan fingerprint density at radius 2 is 2.35 bits per heavy atom. The number of piperidine rings is 1. The van der Waals surface area contributed by atoms with Crippen molar-refractivity contribution in [3.05, 3.63) is 18.2 Å². The Balaban J connectivity index is 1.92. The molecule has 1 aliphatic rings. The van der Waals surface area contributed by atoms with Gasteiger partial charge in [0.2, 0.25) is 5.91 Å². The van der Waals surface area contributed by atoms with Crippen molar-refractivity contribution in [3.63, 3.8) is 0 Å². The fraction of sp³-hybridized carbons (Fsp3) is 0.533. The first-order valence-electron chi connectivity index (χ1n) is 6.94. The zero-order chi connectivity index (χ0) is 14.5. The number of thioether (sulfide) groups is 1. The quantitative estimate of drug-likeness (QED) is 0.685. The van der Waals surface area contributed by atoms with Gasteiger partial charge < -0.3 is 15.4 Å². The molecule has 2 N–H and O–H groups in total. The van der Waals surface area contributed by atoms with Gasteiger partial charge in [0.25, 0.3) is 0 Å². The molecular weight excluding hydrogens is 272 g/mol. The Morgan fingerprint density at radius 1 is 1.55 bits per heavy atom. The van der Waals surface area contributed by atoms with Crippen molar-refractivity contribution in [2.45, 2.75) is 24.7 Å². The average molecular weight is 294 g/mol. The third-order valence-corrected chi connectivity index (χ3v) is 4.64. The number of anilines is 1. The lowest BCUT2D eigenvalue weighted by Gasteiger charge is -2.30. The van der Waals surface area contributed by atoms with Crippen LogP contribution in [-0.2, 0) is 4.79 Å². The summed E-state index contributed by atoms with van der Waals surface area (Å²) in [5.41, 5.74) is 6.62. The van der Waals surface area contributed by atoms with Crippen molar-refractivity contribution in [1.29, 1.82) is 0 Å². The van der Waals surface area contributed by atoms with Gasteiger partial charge in [0.1, 0.15) is 5.75 Å². The molecule has 4 nitrogen and oxygen atoms in total. The number of rotatable bonds is 4. The molecule has 0 bridgehead atoms. The molecule has 1 aromatic carbocycles. The molecule has 1 unspecified atom stereocenters. The van der Waals surface area contributed by atoms with Gasteiger partial charge in [0.15, 0.2) is 0 Å². The Labute approximate surface area is 124 Å². The van der Waals surface area contributed by atoms with E-state index in [-0.39, 0.29) is 5.91 Å². The van der Waals surface area contributed by atoms with Crippen molar-refractivity contribution in [1.82, 2.24) is 4.90 Å². The molecule has 0 saturated carbocycles. The molecule has 0 spiro atoms. The topological polar surface area (TPSA) is 55.6 Å². The van der Waals surface area contributed by atoms with Gasteiger partial charge in [0, 0.05) is 23.7 Å². The molecule has 1 heterocycles. The van der Waals surface area contributed by atoms with Crippen LogP contribution in [0.2, 0.25) is 0 Å². The van der Waals surface area contributed by atoms with E-state index in [1.54, 1.807) is 7.11 Å². The lowest BCUT2D eigenvalue weighted by atomic mass is 10.0. The van der Waals surface area contributed by atoms with Crippen LogP contribution in [0.25, 0.3) is 0 Å². The summed E-state index contributed by atoms with van der Waals surface area (Å²) in [5.74, 6) is 2.01. The Hall–Kier alpha value is -1.36. The maximum atomic E-state index is 12.2. The predicted octanol–water partition coefficient (Wildman–Crippen LogP) is 2.63. The summed E-state index contributed by atoms with van der Waals surface area (Å²) >= 11 is 1.48. The highest BCUT2D eigenvalue weighted by molar-refractivity contribution is 8.00. The highest BCUT2D eigenvalue weighted by Gasteiger charge is 2.21. The van der Waals surface area contributed by atoms with Crippen LogP contribution in [0.4, 0.5) is 5.69 Å². The van der Waals surface area contributed by atoms with E-state index in [4.69, 9.17) is 10.5 Å². The lowest BCUT2D eigenvalue weighted by Crippen LogP contribution is -2.40. The van der Waals surface area contributed by atoms with E-state index in [1.807, 2.05) is 23.1 Å². The van der Waals surface area contributed by atoms with E-state index in [1.165, 1.54) is 18.2 Å². The molecule has 5 heteroatoms. The fourth-order valence-corrected chi connectivity index (χ4v) is 3.31. The van der Waals surface area contributed by atoms with Gasteiger partial charge in [-0.05, 0) is 37.0 Å². The van der Waals surface area contributed by atoms with Crippen molar-refractivity contribution < 1.29 is 9.53 Å². The highest BCUT2D eigenvalue weighted by Crippen LogP contribution is 2.29. The average Bonchev–Trinajstić information content (AvgIpc) is 2.46. The SMILES string of the molecule is COc1ccc(N)c(SCC(=O)N2CCCC(C)C2)c1. The number of benzene rings is 1. The normalized spacial score (nSPS) is 18.9. The smallest absolute Gasteiger partial charge is 0.232 e. The van der Waals surface area contributed by atoms with Gasteiger partial charge in [-0.2, -0.15) is 0 Å². The molecule has 0 radical (unpaired) electrons. The zero-order valence-electron chi connectivity index (χ0n) is 12.1. The van der Waals surface area contributed by atoms with Crippen molar-refractivity contribution in [3.8, 4) is 5.75 Å². The summed E-state index contributed by atoms with van der Waals surface area (Å²) in [6.45, 7) is 3.97. The fourth-order valence-electron chi connectivity index (χ4n) is 2.41. The molecular formula is C15H22N2O2S. The third kappa shape index (κ3) is 3.82. The van der Waals surface area contributed by atoms with Crippen molar-refractivity contribution in [2.24, 2.45) is 5.92 Å². The molecule has 2 rings (SSSR count). The molecule has 1 amide bonds. The number of carbonyl (C=O) groups is 1. The molecule has 1 saturated heterocycles. The number of hydrogen-bond donors (Lipinski definition) is 1. The minimum atomic E-state index is 0.198. The van der Waals surface area contributed by atoms with Crippen molar-refractivity contribution in [2.75, 3.05) is 31.7 Å². The zero-order valence-corrected chi connectivity index (χ0v) is 12.9. The number of hydrogen-bond acceptors (Lipinski definition) is 4. The molecule has 0 aliphatic carbocycles. The molecule has 20 heavy (non-hydrogen) atoms. The van der Waals surface area contributed by atoms with E-state index in [0.29, 0.717) is 17.4 Å². The maximum absolute atomic E-state index is 12.2. The van der Waals surface area contributed by atoms with Gasteiger partial charge in [-0.25, -0.2) is 0 Å². The van der Waals surface area contributed by atoms with Crippen LogP contribution in [0.15, 0.2) is 23.1 Å². The number of amides is 1. The van der Waals surface area contributed by atoms with Crippen LogP contribution in [0, 0.1) is 5.92 Å². The van der Waals surface area contributed by atoms with Crippen LogP contribution in [0.1, 0.15) is 19.8 Å². The second-order valence-corrected chi connectivity index (χ2v) is 6.30. The van der Waals surface area contributed by atoms with E-state index in [2.05, 4.69) is 6.92 Å². The van der Waals surface area contributed by atoms with Crippen LogP contribution >= 0.6 is 11.8 Å². The minimum absolute atomic E-state index is 0.198. The van der Waals surface area contributed by atoms with Gasteiger partial charge in [-0.3, -0.25) is 4.79 Å². The molecule has 1 aromatic rings. The highest BCUT2D eigenvalue weighted by atomic mass is 32.2. The van der Waals surface area contributed by atoms with E-state index < -0.39 is 0 Å². The number of nitrogens with zero attached hydrogens (tertiary/aromatic N) is 1. The Morgan fingerprint density at radius 3 is 3.05 bits per heavy atom. The third-order valence-electron chi connectivity index (χ3n) is 3.58. The standard InChI is InChI=1S/C15H22N2O2S/c1-11-4-3-7-17(9-11)15(18)10-20-14-8-12(19-2)5-6-13(14)16/h5-6,8,11H,3-4,7,9-10,16H2,1-2H3. The number of likely N-dealkylation sites (tertiary alicyclic amines) is 1. The number of nitrogen functional groups attached to an aromatic ring is 1. The van der Waals surface area contributed by atoms with E-state index in [9.17, 15) is 4.79 Å². The largest absolute Gasteiger partial charge is 0.497 e. The number of nitrogens with two attached hydrogens (primary N) is 1. The number of carbonyl (C=O) groups excluding carboxylic acids is 1. The molecule has 1 fully saturated rings. The van der Waals surface area contributed by atoms with Gasteiger partial charge >= 0.3 is 0 Å². The van der Waals surface area contributed by atoms with E-state index in [0.717, 1.165) is 30.2 Å². The minimum Gasteiger partial charge on any atom is -0.497 e. The van der Waals surface area contributed by atoms with Crippen LogP contribution < -0.4 is 10.5 Å². The summed E-state index contributed by atoms with van der Waals surface area (Å²) < 4.78 is 5.18. The first-order valence-corrected chi connectivity index (χ1v) is 7.93. The molecule has 0 aromatic heterocycles. The maximum Gasteiger partial charge on any atom is 0.232 e. The number of ether oxygens (including phenoxy) is 1. The van der Waals surface area contributed by atoms with E-state index >= 15 is 0 Å². The number of methoxy groups -OCH3 is 1. The van der Waals surface area contributed by atoms with Gasteiger partial charge in [0.05, 0.1) is 12.9 Å². The first kappa shape index (κ1) is 15.0. The van der Waals surface area contributed by atoms with Gasteiger partial charge in [-0.1, -0.05) is 6.92 Å². The predicted molar refractivity (Wildman–Crippen MR) is 83.1 cm³/mol. The van der Waals surface area contributed by atoms with Crippen LogP contribution in [-0.4, -0.2) is 36.8 Å².